The van der Waals surface area contributed by atoms with Crippen molar-refractivity contribution in [1.29, 1.82) is 0 Å². The number of aromatic nitrogens is 4. The lowest BCUT2D eigenvalue weighted by Crippen LogP contribution is -2.25. The van der Waals surface area contributed by atoms with Gasteiger partial charge in [0.1, 0.15) is 103 Å². The third-order valence-corrected chi connectivity index (χ3v) is 16.5. The molecule has 9 aromatic carbocycles. The summed E-state index contributed by atoms with van der Waals surface area (Å²) in [5.74, 6) is -32.9. The Hall–Kier alpha value is -11.3. The normalized spacial score (nSPS) is 11.8. The molecule has 0 atom stereocenters. The van der Waals surface area contributed by atoms with E-state index in [1.165, 1.54) is 36.4 Å². The number of nitrogens with zero attached hydrogens (tertiary/aromatic N) is 4. The fourth-order valence-corrected chi connectivity index (χ4v) is 11.0. The van der Waals surface area contributed by atoms with Gasteiger partial charge < -0.3 is 14.2 Å². The number of aryl methyl sites for hydroxylation is 3. The molecule has 2 aromatic heterocycles. The van der Waals surface area contributed by atoms with Crippen LogP contribution in [0.4, 0.5) is 114 Å². The molecule has 0 aliphatic heterocycles. The SMILES string of the molecule is CCCCCc1cnc(-c2ccc(-c3cc(F)c(C(F)(F)Oc4cc(F)c(F)c(F)c4)c(F)c3)c(F)c2)nc1.CCCCc1ccc(-c2cc(F)c(C(F)(F)Oc3cc(F)c(C(F)(F)F)c(F)c3)c(F)c2)c(F)c1.CCCCc1cnc(-c2ccc(-c3cc(F)c(C(F)(F)Oc4cc(F)c(F)c(F)c4)c(F)c3)c(F)c2)nc1. The summed E-state index contributed by atoms with van der Waals surface area (Å²) in [4.78, 5) is 16.8. The number of halogens is 26. The Morgan fingerprint density at radius 1 is 0.259 bits per heavy atom. The summed E-state index contributed by atoms with van der Waals surface area (Å²) >= 11 is 0. The molecular formula is C79H54F26N4O3. The molecule has 7 nitrogen and oxygen atoms in total. The van der Waals surface area contributed by atoms with Gasteiger partial charge in [0.15, 0.2) is 46.6 Å². The van der Waals surface area contributed by atoms with E-state index in [0.717, 1.165) is 87.1 Å². The molecule has 590 valence electrons. The van der Waals surface area contributed by atoms with Crippen molar-refractivity contribution in [2.75, 3.05) is 0 Å². The van der Waals surface area contributed by atoms with Crippen molar-refractivity contribution in [2.24, 2.45) is 0 Å². The Labute approximate surface area is 619 Å². The monoisotopic (exact) mass is 1600 g/mol. The van der Waals surface area contributed by atoms with Crippen LogP contribution in [0.1, 0.15) is 105 Å². The maximum absolute atomic E-state index is 14.9. The fraction of sp³-hybridized carbons (Fsp3) is 0.215. The van der Waals surface area contributed by atoms with E-state index >= 15 is 0 Å². The minimum Gasteiger partial charge on any atom is -0.429 e. The topological polar surface area (TPSA) is 79.3 Å². The van der Waals surface area contributed by atoms with Gasteiger partial charge in [-0.05, 0) is 127 Å². The van der Waals surface area contributed by atoms with Crippen molar-refractivity contribution < 1.29 is 128 Å². The van der Waals surface area contributed by atoms with Crippen LogP contribution in [0, 0.1) is 98.9 Å². The number of hydrogen-bond acceptors (Lipinski definition) is 7. The minimum atomic E-state index is -5.47. The standard InChI is InChI=1S/C28H20F8N2O.C27H18F8N2O.C24H16F10O/c1-2-3-4-5-15-13-37-27(38-14-15)16-6-7-19(20(29)8-16)17-9-21(30)25(22(31)10-17)28(35,36)39-18-11-23(32)26(34)24(33)12-18;1-2-3-4-14-12-36-26(37-13-14)15-5-6-18(19(28)7-15)16-8-20(29)24(21(30)9-16)27(34,35)38-17-10-22(31)25(33)23(32)11-17;1-2-3-4-12-5-6-15(16(25)7-12)13-8-17(26)22(18(27)9-13)24(33,34)35-14-10-19(28)21(20(29)11-14)23(30,31)32/h6-14H,2-5H2,1H3;5-13H,2-4H2,1H3;5-11H,2-4H2,1H3. The quantitative estimate of drug-likeness (QED) is 0.0339. The predicted octanol–water partition coefficient (Wildman–Crippen LogP) is 25.2. The molecule has 0 saturated heterocycles. The van der Waals surface area contributed by atoms with Gasteiger partial charge in [-0.15, -0.1) is 0 Å². The molecule has 0 bridgehead atoms. The van der Waals surface area contributed by atoms with Gasteiger partial charge >= 0.3 is 24.5 Å². The summed E-state index contributed by atoms with van der Waals surface area (Å²) in [6, 6.07) is 13.8. The van der Waals surface area contributed by atoms with Gasteiger partial charge in [0, 0.05) is 89.0 Å². The van der Waals surface area contributed by atoms with Crippen LogP contribution in [0.2, 0.25) is 0 Å². The Morgan fingerprint density at radius 2 is 0.518 bits per heavy atom. The van der Waals surface area contributed by atoms with Gasteiger partial charge in [-0.25, -0.2) is 94.6 Å². The molecule has 2 heterocycles. The fourth-order valence-electron chi connectivity index (χ4n) is 11.0. The zero-order valence-electron chi connectivity index (χ0n) is 57.8. The maximum atomic E-state index is 14.9. The molecule has 0 unspecified atom stereocenters. The van der Waals surface area contributed by atoms with Gasteiger partial charge in [-0.1, -0.05) is 82.9 Å². The number of rotatable bonds is 24. The molecule has 11 aromatic rings. The van der Waals surface area contributed by atoms with Crippen molar-refractivity contribution in [1.82, 2.24) is 19.9 Å². The van der Waals surface area contributed by atoms with Crippen LogP contribution in [-0.2, 0) is 43.8 Å². The van der Waals surface area contributed by atoms with Crippen molar-refractivity contribution in [3.05, 3.63) is 290 Å². The highest BCUT2D eigenvalue weighted by atomic mass is 19.4. The zero-order valence-corrected chi connectivity index (χ0v) is 57.8. The van der Waals surface area contributed by atoms with E-state index in [4.69, 9.17) is 0 Å². The third kappa shape index (κ3) is 20.3. The molecule has 0 N–H and O–H groups in total. The van der Waals surface area contributed by atoms with Crippen molar-refractivity contribution in [3.63, 3.8) is 0 Å². The summed E-state index contributed by atoms with van der Waals surface area (Å²) in [6.07, 6.45) is -4.54. The van der Waals surface area contributed by atoms with E-state index in [2.05, 4.69) is 41.1 Å². The average Bonchev–Trinajstić information content (AvgIpc) is 0.780. The van der Waals surface area contributed by atoms with Crippen LogP contribution in [0.5, 0.6) is 17.2 Å². The Morgan fingerprint density at radius 3 is 0.804 bits per heavy atom. The molecular weight excluding hydrogens is 1550 g/mol. The van der Waals surface area contributed by atoms with Crippen LogP contribution in [-0.4, -0.2) is 19.9 Å². The van der Waals surface area contributed by atoms with E-state index in [-0.39, 0.29) is 75.9 Å². The number of alkyl halides is 9. The van der Waals surface area contributed by atoms with Crippen LogP contribution in [0.3, 0.4) is 0 Å². The summed E-state index contributed by atoms with van der Waals surface area (Å²) in [5, 5.41) is 0. The first-order valence-electron chi connectivity index (χ1n) is 33.3. The second kappa shape index (κ2) is 35.4. The van der Waals surface area contributed by atoms with Crippen molar-refractivity contribution in [3.8, 4) is 73.4 Å². The highest BCUT2D eigenvalue weighted by Crippen LogP contribution is 2.44. The summed E-state index contributed by atoms with van der Waals surface area (Å²) in [6.45, 7) is 6.06. The van der Waals surface area contributed by atoms with E-state index < -0.39 is 180 Å². The van der Waals surface area contributed by atoms with E-state index in [9.17, 15) is 114 Å². The van der Waals surface area contributed by atoms with Crippen LogP contribution >= 0.6 is 0 Å². The summed E-state index contributed by atoms with van der Waals surface area (Å²) < 4.78 is 376. The van der Waals surface area contributed by atoms with Crippen molar-refractivity contribution in [2.45, 2.75) is 109 Å². The molecule has 33 heteroatoms. The summed E-state index contributed by atoms with van der Waals surface area (Å²) in [5.41, 5.74) is -7.18. The molecule has 0 aliphatic carbocycles. The van der Waals surface area contributed by atoms with Gasteiger partial charge in [-0.3, -0.25) is 0 Å². The molecule has 0 aliphatic rings. The second-order valence-corrected chi connectivity index (χ2v) is 24.7. The molecule has 0 spiro atoms. The first kappa shape index (κ1) is 84.7. The molecule has 0 amide bonds. The summed E-state index contributed by atoms with van der Waals surface area (Å²) in [7, 11) is 0. The highest BCUT2D eigenvalue weighted by molar-refractivity contribution is 5.71. The third-order valence-electron chi connectivity index (χ3n) is 16.5. The first-order chi connectivity index (χ1) is 52.7. The van der Waals surface area contributed by atoms with Crippen LogP contribution in [0.15, 0.2) is 152 Å². The van der Waals surface area contributed by atoms with E-state index in [1.54, 1.807) is 24.8 Å². The first-order valence-corrected chi connectivity index (χ1v) is 33.3. The zero-order chi connectivity index (χ0) is 82.1. The average molecular weight is 1600 g/mol. The highest BCUT2D eigenvalue weighted by Gasteiger charge is 2.46. The van der Waals surface area contributed by atoms with E-state index in [0.29, 0.717) is 48.4 Å². The largest absolute Gasteiger partial charge is 0.432 e. The molecule has 11 rings (SSSR count). The molecule has 0 saturated carbocycles. The number of hydrogen-bond donors (Lipinski definition) is 0. The minimum absolute atomic E-state index is 0.0931. The maximum Gasteiger partial charge on any atom is 0.432 e. The van der Waals surface area contributed by atoms with Crippen LogP contribution < -0.4 is 14.2 Å². The predicted molar refractivity (Wildman–Crippen MR) is 355 cm³/mol. The van der Waals surface area contributed by atoms with Gasteiger partial charge in [0.25, 0.3) is 0 Å². The molecule has 0 fully saturated rings. The molecule has 112 heavy (non-hydrogen) atoms. The second-order valence-electron chi connectivity index (χ2n) is 24.7. The smallest absolute Gasteiger partial charge is 0.429 e. The van der Waals surface area contributed by atoms with Crippen molar-refractivity contribution >= 4 is 0 Å². The lowest BCUT2D eigenvalue weighted by molar-refractivity contribution is -0.190. The Kier molecular flexibility index (Phi) is 26.8. The lowest BCUT2D eigenvalue weighted by Gasteiger charge is -2.21. The number of unbranched alkanes of at least 4 members (excludes halogenated alkanes) is 4. The van der Waals surface area contributed by atoms with Gasteiger partial charge in [-0.2, -0.15) is 39.5 Å². The van der Waals surface area contributed by atoms with Gasteiger partial charge in [0.2, 0.25) is 0 Å². The number of ether oxygens (including phenoxy) is 3. The lowest BCUT2D eigenvalue weighted by atomic mass is 9.99. The Bertz CT molecular complexity index is 5080. The molecule has 0 radical (unpaired) electrons. The number of benzene rings is 9. The Balaban J connectivity index is 0.000000193. The van der Waals surface area contributed by atoms with E-state index in [1.807, 2.05) is 13.8 Å². The van der Waals surface area contributed by atoms with Crippen LogP contribution in [0.25, 0.3) is 56.2 Å². The van der Waals surface area contributed by atoms with Gasteiger partial charge in [0.05, 0.1) is 0 Å².